The van der Waals surface area contributed by atoms with Gasteiger partial charge in [0, 0.05) is 12.8 Å². The molecule has 0 bridgehead atoms. The number of carbonyl (C=O) groups excluding carboxylic acids is 3. The van der Waals surface area contributed by atoms with E-state index >= 15 is 0 Å². The molecule has 0 saturated carbocycles. The first-order valence-electron chi connectivity index (χ1n) is 4.43. The molecule has 5 nitrogen and oxygen atoms in total. The van der Waals surface area contributed by atoms with Gasteiger partial charge < -0.3 is 14.5 Å². The van der Waals surface area contributed by atoms with Crippen molar-refractivity contribution in [1.29, 1.82) is 0 Å². The van der Waals surface area contributed by atoms with Crippen molar-refractivity contribution in [2.75, 3.05) is 7.11 Å². The third kappa shape index (κ3) is 2.77. The lowest BCUT2D eigenvalue weighted by atomic mass is 10.2. The van der Waals surface area contributed by atoms with E-state index in [4.69, 9.17) is 0 Å². The summed E-state index contributed by atoms with van der Waals surface area (Å²) in [4.78, 5) is 35.1. The standard InChI is InChI=1S/C10H11NO4/c1-15-10(14)8-5-4-7(11-8)9(13)3-2-6-12/h4-6,11H,2-3H2,1H3. The predicted octanol–water partition coefficient (Wildman–Crippen LogP) is 0.963. The van der Waals surface area contributed by atoms with Crippen molar-refractivity contribution in [3.05, 3.63) is 23.5 Å². The monoisotopic (exact) mass is 209 g/mol. The highest BCUT2D eigenvalue weighted by molar-refractivity contribution is 5.97. The van der Waals surface area contributed by atoms with Crippen LogP contribution in [0.3, 0.4) is 0 Å². The van der Waals surface area contributed by atoms with Gasteiger partial charge in [0.2, 0.25) is 0 Å². The molecule has 0 unspecified atom stereocenters. The van der Waals surface area contributed by atoms with E-state index in [1.54, 1.807) is 0 Å². The maximum absolute atomic E-state index is 11.4. The Morgan fingerprint density at radius 1 is 1.40 bits per heavy atom. The molecule has 15 heavy (non-hydrogen) atoms. The van der Waals surface area contributed by atoms with Gasteiger partial charge in [-0.25, -0.2) is 4.79 Å². The average Bonchev–Trinajstić information content (AvgIpc) is 2.74. The number of carbonyl (C=O) groups is 3. The quantitative estimate of drug-likeness (QED) is 0.445. The van der Waals surface area contributed by atoms with E-state index in [9.17, 15) is 14.4 Å². The summed E-state index contributed by atoms with van der Waals surface area (Å²) >= 11 is 0. The fraction of sp³-hybridized carbons (Fsp3) is 0.300. The Morgan fingerprint density at radius 2 is 2.07 bits per heavy atom. The third-order valence-electron chi connectivity index (χ3n) is 1.88. The highest BCUT2D eigenvalue weighted by Crippen LogP contribution is 2.06. The number of aromatic amines is 1. The van der Waals surface area contributed by atoms with Crippen LogP contribution in [0, 0.1) is 0 Å². The van der Waals surface area contributed by atoms with Crippen LogP contribution in [0.1, 0.15) is 33.8 Å². The van der Waals surface area contributed by atoms with Crippen molar-refractivity contribution in [1.82, 2.24) is 4.98 Å². The first kappa shape index (κ1) is 11.2. The summed E-state index contributed by atoms with van der Waals surface area (Å²) in [5, 5.41) is 0. The molecule has 0 spiro atoms. The van der Waals surface area contributed by atoms with Crippen molar-refractivity contribution < 1.29 is 19.1 Å². The van der Waals surface area contributed by atoms with Crippen LogP contribution in [0.25, 0.3) is 0 Å². The Balaban J connectivity index is 2.71. The van der Waals surface area contributed by atoms with Crippen LogP contribution in [-0.4, -0.2) is 30.1 Å². The van der Waals surface area contributed by atoms with Gasteiger partial charge in [-0.1, -0.05) is 0 Å². The van der Waals surface area contributed by atoms with Gasteiger partial charge in [0.1, 0.15) is 12.0 Å². The van der Waals surface area contributed by atoms with Crippen LogP contribution in [-0.2, 0) is 9.53 Å². The molecule has 0 fully saturated rings. The molecule has 1 aromatic rings. The first-order valence-corrected chi connectivity index (χ1v) is 4.43. The molecule has 0 aliphatic heterocycles. The van der Waals surface area contributed by atoms with Gasteiger partial charge in [-0.05, 0) is 12.1 Å². The van der Waals surface area contributed by atoms with Crippen LogP contribution in [0.4, 0.5) is 0 Å². The second kappa shape index (κ2) is 5.09. The summed E-state index contributed by atoms with van der Waals surface area (Å²) in [7, 11) is 1.26. The Bertz CT molecular complexity index is 381. The Morgan fingerprint density at radius 3 is 2.67 bits per heavy atom. The number of hydrogen-bond donors (Lipinski definition) is 1. The number of ether oxygens (including phenoxy) is 1. The summed E-state index contributed by atoms with van der Waals surface area (Å²) in [5.74, 6) is -0.721. The lowest BCUT2D eigenvalue weighted by Crippen LogP contribution is -2.04. The topological polar surface area (TPSA) is 76.2 Å². The number of ketones is 1. The van der Waals surface area contributed by atoms with Crippen LogP contribution < -0.4 is 0 Å². The Labute approximate surface area is 86.4 Å². The molecule has 1 rings (SSSR count). The van der Waals surface area contributed by atoms with E-state index in [0.717, 1.165) is 0 Å². The fourth-order valence-electron chi connectivity index (χ4n) is 1.11. The maximum atomic E-state index is 11.4. The van der Waals surface area contributed by atoms with Gasteiger partial charge in [-0.15, -0.1) is 0 Å². The van der Waals surface area contributed by atoms with E-state index in [1.165, 1.54) is 19.2 Å². The number of nitrogens with one attached hydrogen (secondary N) is 1. The number of methoxy groups -OCH3 is 1. The van der Waals surface area contributed by atoms with Gasteiger partial charge in [0.25, 0.3) is 0 Å². The van der Waals surface area contributed by atoms with Gasteiger partial charge >= 0.3 is 5.97 Å². The van der Waals surface area contributed by atoms with Gasteiger partial charge in [-0.2, -0.15) is 0 Å². The molecule has 5 heteroatoms. The molecule has 0 atom stereocenters. The van der Waals surface area contributed by atoms with Crippen molar-refractivity contribution in [2.45, 2.75) is 12.8 Å². The largest absolute Gasteiger partial charge is 0.464 e. The second-order valence-electron chi connectivity index (χ2n) is 2.91. The van der Waals surface area contributed by atoms with E-state index < -0.39 is 5.97 Å². The average molecular weight is 209 g/mol. The second-order valence-corrected chi connectivity index (χ2v) is 2.91. The normalized spacial score (nSPS) is 9.67. The number of rotatable bonds is 5. The molecular weight excluding hydrogens is 198 g/mol. The minimum Gasteiger partial charge on any atom is -0.464 e. The number of esters is 1. The third-order valence-corrected chi connectivity index (χ3v) is 1.88. The molecule has 1 N–H and O–H groups in total. The van der Waals surface area contributed by atoms with E-state index in [0.29, 0.717) is 12.0 Å². The number of Topliss-reactive ketones (excluding diaryl/α,β-unsaturated/α-hetero) is 1. The smallest absolute Gasteiger partial charge is 0.354 e. The molecule has 1 heterocycles. The minimum atomic E-state index is -0.524. The van der Waals surface area contributed by atoms with E-state index in [1.807, 2.05) is 0 Å². The number of H-pyrrole nitrogens is 1. The van der Waals surface area contributed by atoms with E-state index in [2.05, 4.69) is 9.72 Å². The van der Waals surface area contributed by atoms with Gasteiger partial charge in [0.15, 0.2) is 5.78 Å². The molecule has 0 radical (unpaired) electrons. The summed E-state index contributed by atoms with van der Waals surface area (Å²) in [5.41, 5.74) is 0.546. The molecular formula is C10H11NO4. The zero-order valence-corrected chi connectivity index (χ0v) is 8.28. The molecule has 0 aliphatic rings. The summed E-state index contributed by atoms with van der Waals surface area (Å²) < 4.78 is 4.47. The van der Waals surface area contributed by atoms with E-state index in [-0.39, 0.29) is 24.3 Å². The Kier molecular flexibility index (Phi) is 3.79. The van der Waals surface area contributed by atoms with Crippen LogP contribution >= 0.6 is 0 Å². The zero-order valence-electron chi connectivity index (χ0n) is 8.28. The molecule has 0 amide bonds. The molecule has 0 aliphatic carbocycles. The van der Waals surface area contributed by atoms with Gasteiger partial charge in [-0.3, -0.25) is 4.79 Å². The molecule has 80 valence electrons. The molecule has 0 saturated heterocycles. The highest BCUT2D eigenvalue weighted by Gasteiger charge is 2.12. The minimum absolute atomic E-state index is 0.143. The highest BCUT2D eigenvalue weighted by atomic mass is 16.5. The van der Waals surface area contributed by atoms with Crippen molar-refractivity contribution in [2.24, 2.45) is 0 Å². The molecule has 1 aromatic heterocycles. The first-order chi connectivity index (χ1) is 7.19. The van der Waals surface area contributed by atoms with Crippen LogP contribution in [0.5, 0.6) is 0 Å². The summed E-state index contributed by atoms with van der Waals surface area (Å²) in [6, 6.07) is 2.97. The van der Waals surface area contributed by atoms with Gasteiger partial charge in [0.05, 0.1) is 12.8 Å². The SMILES string of the molecule is COC(=O)c1ccc(C(=O)CCC=O)[nH]1. The predicted molar refractivity (Wildman–Crippen MR) is 51.8 cm³/mol. The summed E-state index contributed by atoms with van der Waals surface area (Å²) in [6.45, 7) is 0. The lowest BCUT2D eigenvalue weighted by Gasteiger charge is -1.95. The van der Waals surface area contributed by atoms with Crippen molar-refractivity contribution >= 4 is 18.0 Å². The lowest BCUT2D eigenvalue weighted by molar-refractivity contribution is -0.107. The Hall–Kier alpha value is -1.91. The number of aromatic nitrogens is 1. The fourth-order valence-corrected chi connectivity index (χ4v) is 1.11. The number of aldehydes is 1. The zero-order chi connectivity index (χ0) is 11.3. The molecule has 0 aromatic carbocycles. The van der Waals surface area contributed by atoms with Crippen LogP contribution in [0.2, 0.25) is 0 Å². The van der Waals surface area contributed by atoms with Crippen molar-refractivity contribution in [3.8, 4) is 0 Å². The van der Waals surface area contributed by atoms with Crippen LogP contribution in [0.15, 0.2) is 12.1 Å². The van der Waals surface area contributed by atoms with Crippen molar-refractivity contribution in [3.63, 3.8) is 0 Å². The summed E-state index contributed by atoms with van der Waals surface area (Å²) in [6.07, 6.45) is 1.01. The number of hydrogen-bond acceptors (Lipinski definition) is 4. The maximum Gasteiger partial charge on any atom is 0.354 e.